The average Bonchev–Trinajstić information content (AvgIpc) is 2.98. The third kappa shape index (κ3) is 3.23. The molecule has 124 valence electrons. The van der Waals surface area contributed by atoms with E-state index in [2.05, 4.69) is 15.6 Å². The molecule has 0 bridgehead atoms. The summed E-state index contributed by atoms with van der Waals surface area (Å²) >= 11 is 0. The first-order valence-corrected chi connectivity index (χ1v) is 8.07. The van der Waals surface area contributed by atoms with Crippen LogP contribution >= 0.6 is 0 Å². The highest BCUT2D eigenvalue weighted by Crippen LogP contribution is 2.31. The first-order chi connectivity index (χ1) is 11.2. The molecule has 23 heavy (non-hydrogen) atoms. The predicted molar refractivity (Wildman–Crippen MR) is 88.4 cm³/mol. The maximum atomic E-state index is 12.8. The van der Waals surface area contributed by atoms with Crippen molar-refractivity contribution in [2.45, 2.75) is 26.2 Å². The number of aromatic nitrogens is 1. The number of amides is 1. The molecule has 2 N–H and O–H groups in total. The number of hydrogen-bond acceptors (Lipinski definition) is 5. The Morgan fingerprint density at radius 2 is 2.22 bits per heavy atom. The van der Waals surface area contributed by atoms with Gasteiger partial charge in [-0.2, -0.15) is 0 Å². The second-order valence-corrected chi connectivity index (χ2v) is 6.06. The van der Waals surface area contributed by atoms with Crippen LogP contribution in [0.1, 0.15) is 25.7 Å². The molecule has 0 radical (unpaired) electrons. The van der Waals surface area contributed by atoms with E-state index in [4.69, 9.17) is 9.15 Å². The number of hydrogen-bond donors (Lipinski definition) is 2. The highest BCUT2D eigenvalue weighted by Gasteiger charge is 2.39. The number of nitrogens with one attached hydrogen (secondary N) is 2. The SMILES string of the molecule is CCc1nc2cc(NC(=O)C3(COC)CCNCC3)ccc2o1. The summed E-state index contributed by atoms with van der Waals surface area (Å²) in [5.74, 6) is 0.720. The number of oxazole rings is 1. The molecule has 1 aromatic heterocycles. The van der Waals surface area contributed by atoms with Gasteiger partial charge < -0.3 is 19.8 Å². The lowest BCUT2D eigenvalue weighted by atomic mass is 9.78. The van der Waals surface area contributed by atoms with Crippen molar-refractivity contribution in [1.29, 1.82) is 0 Å². The molecular formula is C17H23N3O3. The van der Waals surface area contributed by atoms with Crippen molar-refractivity contribution in [3.8, 4) is 0 Å². The van der Waals surface area contributed by atoms with Gasteiger partial charge in [0.1, 0.15) is 5.52 Å². The topological polar surface area (TPSA) is 76.4 Å². The lowest BCUT2D eigenvalue weighted by Crippen LogP contribution is -2.47. The molecule has 2 aromatic rings. The first-order valence-electron chi connectivity index (χ1n) is 8.07. The largest absolute Gasteiger partial charge is 0.441 e. The van der Waals surface area contributed by atoms with E-state index in [1.54, 1.807) is 7.11 Å². The molecule has 2 heterocycles. The molecule has 0 saturated carbocycles. The Morgan fingerprint density at radius 3 is 2.91 bits per heavy atom. The van der Waals surface area contributed by atoms with Crippen LogP contribution in [-0.2, 0) is 16.0 Å². The van der Waals surface area contributed by atoms with Crippen LogP contribution in [0.3, 0.4) is 0 Å². The van der Waals surface area contributed by atoms with Crippen LogP contribution in [-0.4, -0.2) is 37.7 Å². The third-order valence-corrected chi connectivity index (χ3v) is 4.46. The van der Waals surface area contributed by atoms with Crippen molar-refractivity contribution in [2.75, 3.05) is 32.1 Å². The summed E-state index contributed by atoms with van der Waals surface area (Å²) < 4.78 is 10.9. The minimum atomic E-state index is -0.465. The van der Waals surface area contributed by atoms with E-state index in [0.29, 0.717) is 12.5 Å². The van der Waals surface area contributed by atoms with E-state index in [9.17, 15) is 4.79 Å². The van der Waals surface area contributed by atoms with Crippen LogP contribution in [0.2, 0.25) is 0 Å². The van der Waals surface area contributed by atoms with Crippen molar-refractivity contribution in [2.24, 2.45) is 5.41 Å². The third-order valence-electron chi connectivity index (χ3n) is 4.46. The Bertz CT molecular complexity index is 684. The molecule has 1 aliphatic rings. The maximum absolute atomic E-state index is 12.8. The van der Waals surface area contributed by atoms with Crippen molar-refractivity contribution >= 4 is 22.7 Å². The zero-order valence-corrected chi connectivity index (χ0v) is 13.6. The molecule has 1 fully saturated rings. The second kappa shape index (κ2) is 6.68. The van der Waals surface area contributed by atoms with Crippen molar-refractivity contribution in [1.82, 2.24) is 10.3 Å². The molecule has 0 unspecified atom stereocenters. The Balaban J connectivity index is 1.80. The van der Waals surface area contributed by atoms with Gasteiger partial charge in [-0.05, 0) is 44.1 Å². The standard InChI is InChI=1S/C17H23N3O3/c1-3-15-20-13-10-12(4-5-14(13)23-15)19-16(21)17(11-22-2)6-8-18-9-7-17/h4-5,10,18H,3,6-9,11H2,1-2H3,(H,19,21). The minimum Gasteiger partial charge on any atom is -0.441 e. The summed E-state index contributed by atoms with van der Waals surface area (Å²) in [5.41, 5.74) is 1.79. The molecule has 0 aliphatic carbocycles. The Labute approximate surface area is 135 Å². The van der Waals surface area contributed by atoms with Gasteiger partial charge in [-0.25, -0.2) is 4.98 Å². The van der Waals surface area contributed by atoms with Gasteiger partial charge >= 0.3 is 0 Å². The number of carbonyl (C=O) groups excluding carboxylic acids is 1. The summed E-state index contributed by atoms with van der Waals surface area (Å²) in [6.07, 6.45) is 2.30. The summed E-state index contributed by atoms with van der Waals surface area (Å²) in [5, 5.41) is 6.32. The van der Waals surface area contributed by atoms with Crippen LogP contribution < -0.4 is 10.6 Å². The Hall–Kier alpha value is -1.92. The zero-order valence-electron chi connectivity index (χ0n) is 13.6. The molecule has 1 aromatic carbocycles. The van der Waals surface area contributed by atoms with E-state index < -0.39 is 5.41 Å². The number of rotatable bonds is 5. The van der Waals surface area contributed by atoms with Gasteiger partial charge in [0, 0.05) is 19.2 Å². The summed E-state index contributed by atoms with van der Waals surface area (Å²) in [6, 6.07) is 5.56. The normalized spacial score (nSPS) is 17.3. The number of fused-ring (bicyclic) bond motifs is 1. The van der Waals surface area contributed by atoms with Gasteiger partial charge in [0.05, 0.1) is 12.0 Å². The first kappa shape index (κ1) is 16.0. The molecular weight excluding hydrogens is 294 g/mol. The molecule has 1 saturated heterocycles. The molecule has 0 atom stereocenters. The van der Waals surface area contributed by atoms with Crippen LogP contribution in [0.5, 0.6) is 0 Å². The van der Waals surface area contributed by atoms with Gasteiger partial charge in [-0.3, -0.25) is 4.79 Å². The second-order valence-electron chi connectivity index (χ2n) is 6.06. The number of ether oxygens (including phenoxy) is 1. The van der Waals surface area contributed by atoms with E-state index >= 15 is 0 Å². The average molecular weight is 317 g/mol. The molecule has 3 rings (SSSR count). The van der Waals surface area contributed by atoms with Crippen LogP contribution in [0, 0.1) is 5.41 Å². The highest BCUT2D eigenvalue weighted by atomic mass is 16.5. The van der Waals surface area contributed by atoms with Crippen LogP contribution in [0.15, 0.2) is 22.6 Å². The van der Waals surface area contributed by atoms with Crippen molar-refractivity contribution in [3.63, 3.8) is 0 Å². The predicted octanol–water partition coefficient (Wildman–Crippen LogP) is 2.34. The van der Waals surface area contributed by atoms with E-state index in [1.807, 2.05) is 25.1 Å². The smallest absolute Gasteiger partial charge is 0.233 e. The fourth-order valence-electron chi connectivity index (χ4n) is 3.09. The van der Waals surface area contributed by atoms with Gasteiger partial charge in [-0.1, -0.05) is 6.92 Å². The fourth-order valence-corrected chi connectivity index (χ4v) is 3.09. The number of aryl methyl sites for hydroxylation is 1. The van der Waals surface area contributed by atoms with Crippen molar-refractivity contribution < 1.29 is 13.9 Å². The van der Waals surface area contributed by atoms with Crippen molar-refractivity contribution in [3.05, 3.63) is 24.1 Å². The van der Waals surface area contributed by atoms with Gasteiger partial charge in [0.15, 0.2) is 11.5 Å². The van der Waals surface area contributed by atoms with Crippen LogP contribution in [0.25, 0.3) is 11.1 Å². The molecule has 6 heteroatoms. The molecule has 6 nitrogen and oxygen atoms in total. The Morgan fingerprint density at radius 1 is 1.43 bits per heavy atom. The number of methoxy groups -OCH3 is 1. The van der Waals surface area contributed by atoms with Gasteiger partial charge in [0.2, 0.25) is 5.91 Å². The lowest BCUT2D eigenvalue weighted by molar-refractivity contribution is -0.130. The monoisotopic (exact) mass is 317 g/mol. The lowest BCUT2D eigenvalue weighted by Gasteiger charge is -2.35. The number of benzene rings is 1. The summed E-state index contributed by atoms with van der Waals surface area (Å²) in [6.45, 7) is 4.10. The van der Waals surface area contributed by atoms with E-state index in [0.717, 1.165) is 49.1 Å². The molecule has 1 amide bonds. The minimum absolute atomic E-state index is 0.0133. The summed E-state index contributed by atoms with van der Waals surface area (Å²) in [4.78, 5) is 17.2. The highest BCUT2D eigenvalue weighted by molar-refractivity contribution is 5.97. The Kier molecular flexibility index (Phi) is 4.63. The maximum Gasteiger partial charge on any atom is 0.233 e. The summed E-state index contributed by atoms with van der Waals surface area (Å²) in [7, 11) is 1.64. The quantitative estimate of drug-likeness (QED) is 0.885. The fraction of sp³-hybridized carbons (Fsp3) is 0.529. The number of piperidine rings is 1. The van der Waals surface area contributed by atoms with Gasteiger partial charge in [0.25, 0.3) is 0 Å². The van der Waals surface area contributed by atoms with E-state index in [1.165, 1.54) is 0 Å². The van der Waals surface area contributed by atoms with E-state index in [-0.39, 0.29) is 5.91 Å². The molecule has 1 aliphatic heterocycles. The number of anilines is 1. The zero-order chi connectivity index (χ0) is 16.3. The van der Waals surface area contributed by atoms with Gasteiger partial charge in [-0.15, -0.1) is 0 Å². The van der Waals surface area contributed by atoms with Crippen LogP contribution in [0.4, 0.5) is 5.69 Å². The molecule has 0 spiro atoms. The number of carbonyl (C=O) groups is 1. The number of nitrogens with zero attached hydrogens (tertiary/aromatic N) is 1.